The molecule has 3 rings (SSSR count). The minimum Gasteiger partial charge on any atom is -0.372 e. The van der Waals surface area contributed by atoms with E-state index in [4.69, 9.17) is 4.74 Å². The first-order valence-electron chi connectivity index (χ1n) is 6.05. The van der Waals surface area contributed by atoms with E-state index < -0.39 is 0 Å². The SMILES string of the molecule is COCC#Cc1ncc2ccn(C3(C)CC3)c2n1. The van der Waals surface area contributed by atoms with Gasteiger partial charge in [0.2, 0.25) is 5.82 Å². The summed E-state index contributed by atoms with van der Waals surface area (Å²) in [5.74, 6) is 6.35. The van der Waals surface area contributed by atoms with Gasteiger partial charge in [-0.1, -0.05) is 5.92 Å². The van der Waals surface area contributed by atoms with Crippen molar-refractivity contribution in [2.45, 2.75) is 25.3 Å². The highest BCUT2D eigenvalue weighted by atomic mass is 16.5. The number of rotatable bonds is 2. The van der Waals surface area contributed by atoms with Gasteiger partial charge in [0, 0.05) is 30.4 Å². The highest BCUT2D eigenvalue weighted by molar-refractivity contribution is 5.76. The summed E-state index contributed by atoms with van der Waals surface area (Å²) in [5.41, 5.74) is 1.22. The Kier molecular flexibility index (Phi) is 2.57. The Balaban J connectivity index is 2.03. The van der Waals surface area contributed by atoms with Gasteiger partial charge in [-0.25, -0.2) is 9.97 Å². The van der Waals surface area contributed by atoms with Gasteiger partial charge in [-0.15, -0.1) is 0 Å². The normalized spacial score (nSPS) is 16.3. The third-order valence-corrected chi connectivity index (χ3v) is 3.40. The van der Waals surface area contributed by atoms with E-state index in [2.05, 4.69) is 45.6 Å². The molecule has 0 N–H and O–H groups in total. The average molecular weight is 241 g/mol. The van der Waals surface area contributed by atoms with Gasteiger partial charge in [0.1, 0.15) is 12.3 Å². The summed E-state index contributed by atoms with van der Waals surface area (Å²) < 4.78 is 7.13. The van der Waals surface area contributed by atoms with Crippen molar-refractivity contribution in [1.29, 1.82) is 0 Å². The standard InChI is InChI=1S/C14H15N3O/c1-14(6-7-14)17-8-5-11-10-15-12(16-13(11)17)4-3-9-18-2/h5,8,10H,6-7,9H2,1-2H3. The molecule has 1 saturated carbocycles. The van der Waals surface area contributed by atoms with Crippen LogP contribution >= 0.6 is 0 Å². The molecule has 0 unspecified atom stereocenters. The van der Waals surface area contributed by atoms with Crippen LogP contribution in [0.15, 0.2) is 18.5 Å². The van der Waals surface area contributed by atoms with Gasteiger partial charge in [-0.3, -0.25) is 0 Å². The van der Waals surface area contributed by atoms with E-state index in [1.54, 1.807) is 7.11 Å². The maximum atomic E-state index is 4.89. The van der Waals surface area contributed by atoms with E-state index in [1.165, 1.54) is 12.8 Å². The lowest BCUT2D eigenvalue weighted by Gasteiger charge is -2.11. The smallest absolute Gasteiger partial charge is 0.206 e. The second-order valence-electron chi connectivity index (χ2n) is 4.89. The molecule has 0 aromatic carbocycles. The van der Waals surface area contributed by atoms with Gasteiger partial charge in [-0.2, -0.15) is 0 Å². The van der Waals surface area contributed by atoms with Crippen LogP contribution in [-0.4, -0.2) is 28.3 Å². The van der Waals surface area contributed by atoms with Gasteiger partial charge in [0.15, 0.2) is 0 Å². The lowest BCUT2D eigenvalue weighted by molar-refractivity contribution is 0.240. The van der Waals surface area contributed by atoms with Crippen LogP contribution in [0, 0.1) is 11.8 Å². The van der Waals surface area contributed by atoms with Crippen molar-refractivity contribution in [2.75, 3.05) is 13.7 Å². The highest BCUT2D eigenvalue weighted by Crippen LogP contribution is 2.44. The fraction of sp³-hybridized carbons (Fsp3) is 0.429. The number of ether oxygens (including phenoxy) is 1. The number of nitrogens with zero attached hydrogens (tertiary/aromatic N) is 3. The Bertz CT molecular complexity index is 644. The molecular weight excluding hydrogens is 226 g/mol. The second-order valence-corrected chi connectivity index (χ2v) is 4.89. The molecule has 1 aliphatic carbocycles. The lowest BCUT2D eigenvalue weighted by Crippen LogP contribution is -2.11. The quantitative estimate of drug-likeness (QED) is 0.754. The number of hydrogen-bond acceptors (Lipinski definition) is 3. The maximum absolute atomic E-state index is 4.89. The van der Waals surface area contributed by atoms with Crippen LogP contribution in [0.2, 0.25) is 0 Å². The molecule has 0 aliphatic heterocycles. The summed E-state index contributed by atoms with van der Waals surface area (Å²) in [6.45, 7) is 2.66. The number of hydrogen-bond donors (Lipinski definition) is 0. The second kappa shape index (κ2) is 4.11. The van der Waals surface area contributed by atoms with E-state index in [-0.39, 0.29) is 5.54 Å². The van der Waals surface area contributed by atoms with Crippen molar-refractivity contribution < 1.29 is 4.74 Å². The Hall–Kier alpha value is -1.86. The van der Waals surface area contributed by atoms with E-state index in [9.17, 15) is 0 Å². The predicted octanol–water partition coefficient (Wildman–Crippen LogP) is 1.94. The molecule has 2 heterocycles. The molecule has 4 nitrogen and oxygen atoms in total. The molecule has 1 fully saturated rings. The van der Waals surface area contributed by atoms with Crippen molar-refractivity contribution in [3.63, 3.8) is 0 Å². The first-order chi connectivity index (χ1) is 8.73. The van der Waals surface area contributed by atoms with E-state index in [0.717, 1.165) is 11.0 Å². The maximum Gasteiger partial charge on any atom is 0.206 e. The monoisotopic (exact) mass is 241 g/mol. The zero-order chi connectivity index (χ0) is 12.6. The Morgan fingerprint density at radius 3 is 3.06 bits per heavy atom. The minimum atomic E-state index is 0.243. The van der Waals surface area contributed by atoms with Crippen LogP contribution in [0.1, 0.15) is 25.6 Å². The van der Waals surface area contributed by atoms with Crippen LogP contribution in [0.25, 0.3) is 11.0 Å². The molecule has 0 radical (unpaired) electrons. The van der Waals surface area contributed by atoms with Gasteiger partial charge in [0.05, 0.1) is 0 Å². The van der Waals surface area contributed by atoms with Gasteiger partial charge < -0.3 is 9.30 Å². The van der Waals surface area contributed by atoms with Crippen LogP contribution in [0.5, 0.6) is 0 Å². The van der Waals surface area contributed by atoms with Crippen molar-refractivity contribution in [3.8, 4) is 11.8 Å². The van der Waals surface area contributed by atoms with Gasteiger partial charge in [0.25, 0.3) is 0 Å². The van der Waals surface area contributed by atoms with Crippen molar-refractivity contribution >= 4 is 11.0 Å². The third kappa shape index (κ3) is 1.87. The average Bonchev–Trinajstić information content (AvgIpc) is 2.97. The zero-order valence-electron chi connectivity index (χ0n) is 10.6. The molecular formula is C14H15N3O. The molecule has 0 bridgehead atoms. The number of methoxy groups -OCH3 is 1. The summed E-state index contributed by atoms with van der Waals surface area (Å²) in [6.07, 6.45) is 6.36. The first-order valence-corrected chi connectivity index (χ1v) is 6.05. The zero-order valence-corrected chi connectivity index (χ0v) is 10.6. The predicted molar refractivity (Wildman–Crippen MR) is 69.2 cm³/mol. The van der Waals surface area contributed by atoms with Gasteiger partial charge in [-0.05, 0) is 31.8 Å². The Morgan fingerprint density at radius 2 is 2.33 bits per heavy atom. The third-order valence-electron chi connectivity index (χ3n) is 3.40. The molecule has 2 aromatic rings. The van der Waals surface area contributed by atoms with Crippen LogP contribution in [0.3, 0.4) is 0 Å². The summed E-state index contributed by atoms with van der Waals surface area (Å²) >= 11 is 0. The fourth-order valence-corrected chi connectivity index (χ4v) is 2.02. The minimum absolute atomic E-state index is 0.243. The van der Waals surface area contributed by atoms with Crippen LogP contribution < -0.4 is 0 Å². The van der Waals surface area contributed by atoms with Crippen LogP contribution in [0.4, 0.5) is 0 Å². The van der Waals surface area contributed by atoms with Crippen molar-refractivity contribution in [3.05, 3.63) is 24.3 Å². The highest BCUT2D eigenvalue weighted by Gasteiger charge is 2.40. The first kappa shape index (κ1) is 11.2. The fourth-order valence-electron chi connectivity index (χ4n) is 2.02. The summed E-state index contributed by atoms with van der Waals surface area (Å²) in [6, 6.07) is 2.06. The molecule has 0 atom stereocenters. The molecule has 92 valence electrons. The van der Waals surface area contributed by atoms with E-state index in [0.29, 0.717) is 12.4 Å². The summed E-state index contributed by atoms with van der Waals surface area (Å²) in [4.78, 5) is 8.78. The van der Waals surface area contributed by atoms with E-state index in [1.807, 2.05) is 6.20 Å². The summed E-state index contributed by atoms with van der Waals surface area (Å²) in [7, 11) is 1.62. The number of aromatic nitrogens is 3. The Labute approximate surface area is 106 Å². The molecule has 0 spiro atoms. The van der Waals surface area contributed by atoms with Crippen molar-refractivity contribution in [2.24, 2.45) is 0 Å². The van der Waals surface area contributed by atoms with Gasteiger partial charge >= 0.3 is 0 Å². The molecule has 18 heavy (non-hydrogen) atoms. The topological polar surface area (TPSA) is 39.9 Å². The molecule has 0 amide bonds. The summed E-state index contributed by atoms with van der Waals surface area (Å²) in [5, 5.41) is 1.07. The van der Waals surface area contributed by atoms with Crippen molar-refractivity contribution in [1.82, 2.24) is 14.5 Å². The lowest BCUT2D eigenvalue weighted by atomic mass is 10.3. The molecule has 1 aliphatic rings. The Morgan fingerprint density at radius 1 is 1.50 bits per heavy atom. The largest absolute Gasteiger partial charge is 0.372 e. The van der Waals surface area contributed by atoms with E-state index >= 15 is 0 Å². The molecule has 2 aromatic heterocycles. The molecule has 4 heteroatoms. The molecule has 0 saturated heterocycles. The number of fused-ring (bicyclic) bond motifs is 1. The van der Waals surface area contributed by atoms with Crippen LogP contribution in [-0.2, 0) is 10.3 Å².